The van der Waals surface area contributed by atoms with Gasteiger partial charge in [0.2, 0.25) is 0 Å². The summed E-state index contributed by atoms with van der Waals surface area (Å²) in [5, 5.41) is 8.16. The molecule has 2 aromatic rings. The van der Waals surface area contributed by atoms with Crippen molar-refractivity contribution in [3.63, 3.8) is 0 Å². The summed E-state index contributed by atoms with van der Waals surface area (Å²) < 4.78 is 1.73. The second kappa shape index (κ2) is 4.10. The van der Waals surface area contributed by atoms with E-state index in [-0.39, 0.29) is 18.0 Å². The summed E-state index contributed by atoms with van der Waals surface area (Å²) in [5.41, 5.74) is 7.17. The monoisotopic (exact) mass is 244 g/mol. The standard InChI is InChI=1S/C13H16N4O/c1-17-11-5-3-2-4-10(11)12(16-17)13(18)15-9-6-8(14)7-9/h2-5,8-9H,6-7,14H2,1H3,(H,15,18). The van der Waals surface area contributed by atoms with Crippen LogP contribution in [0.1, 0.15) is 23.3 Å². The van der Waals surface area contributed by atoms with E-state index >= 15 is 0 Å². The van der Waals surface area contributed by atoms with Crippen LogP contribution in [0.3, 0.4) is 0 Å². The maximum Gasteiger partial charge on any atom is 0.272 e. The number of benzene rings is 1. The second-order valence-corrected chi connectivity index (χ2v) is 4.89. The molecule has 18 heavy (non-hydrogen) atoms. The van der Waals surface area contributed by atoms with Crippen LogP contribution in [0.25, 0.3) is 10.9 Å². The fourth-order valence-corrected chi connectivity index (χ4v) is 2.42. The highest BCUT2D eigenvalue weighted by atomic mass is 16.2. The van der Waals surface area contributed by atoms with E-state index in [9.17, 15) is 4.79 Å². The molecule has 0 atom stereocenters. The van der Waals surface area contributed by atoms with Gasteiger partial charge in [0.15, 0.2) is 5.69 Å². The maximum atomic E-state index is 12.2. The van der Waals surface area contributed by atoms with Crippen LogP contribution in [0, 0.1) is 0 Å². The molecule has 1 aromatic carbocycles. The molecular weight excluding hydrogens is 228 g/mol. The SMILES string of the molecule is Cn1nc(C(=O)NC2CC(N)C2)c2ccccc21. The summed E-state index contributed by atoms with van der Waals surface area (Å²) in [7, 11) is 1.85. The minimum absolute atomic E-state index is 0.108. The predicted octanol–water partition coefficient (Wildman–Crippen LogP) is 0.793. The van der Waals surface area contributed by atoms with Crippen molar-refractivity contribution in [2.24, 2.45) is 12.8 Å². The van der Waals surface area contributed by atoms with Crippen molar-refractivity contribution in [2.45, 2.75) is 24.9 Å². The molecule has 1 aliphatic carbocycles. The molecule has 1 fully saturated rings. The van der Waals surface area contributed by atoms with Crippen molar-refractivity contribution < 1.29 is 4.79 Å². The molecule has 0 saturated heterocycles. The molecule has 5 heteroatoms. The second-order valence-electron chi connectivity index (χ2n) is 4.89. The number of nitrogens with zero attached hydrogens (tertiary/aromatic N) is 2. The third-order valence-corrected chi connectivity index (χ3v) is 3.48. The van der Waals surface area contributed by atoms with Gasteiger partial charge >= 0.3 is 0 Å². The first kappa shape index (κ1) is 11.2. The lowest BCUT2D eigenvalue weighted by molar-refractivity contribution is 0.0906. The van der Waals surface area contributed by atoms with Crippen molar-refractivity contribution in [3.05, 3.63) is 30.0 Å². The molecular formula is C13H16N4O. The first-order valence-corrected chi connectivity index (χ1v) is 6.13. The maximum absolute atomic E-state index is 12.2. The summed E-state index contributed by atoms with van der Waals surface area (Å²) in [6.07, 6.45) is 1.72. The van der Waals surface area contributed by atoms with Gasteiger partial charge in [-0.3, -0.25) is 9.48 Å². The first-order valence-electron chi connectivity index (χ1n) is 6.13. The number of aromatic nitrogens is 2. The number of para-hydroxylation sites is 1. The predicted molar refractivity (Wildman–Crippen MR) is 69.2 cm³/mol. The molecule has 1 amide bonds. The Hall–Kier alpha value is -1.88. The van der Waals surface area contributed by atoms with Gasteiger partial charge in [-0.25, -0.2) is 0 Å². The Morgan fingerprint density at radius 2 is 2.17 bits per heavy atom. The number of carbonyl (C=O) groups excluding carboxylic acids is 1. The van der Waals surface area contributed by atoms with Gasteiger partial charge in [-0.15, -0.1) is 0 Å². The van der Waals surface area contributed by atoms with Crippen LogP contribution in [-0.2, 0) is 7.05 Å². The highest BCUT2D eigenvalue weighted by Gasteiger charge is 2.28. The van der Waals surface area contributed by atoms with E-state index in [1.807, 2.05) is 31.3 Å². The third kappa shape index (κ3) is 1.76. The van der Waals surface area contributed by atoms with E-state index in [0.717, 1.165) is 23.7 Å². The minimum atomic E-state index is -0.108. The average molecular weight is 244 g/mol. The molecule has 0 radical (unpaired) electrons. The van der Waals surface area contributed by atoms with E-state index in [4.69, 9.17) is 5.73 Å². The number of nitrogens with two attached hydrogens (primary N) is 1. The van der Waals surface area contributed by atoms with E-state index in [1.165, 1.54) is 0 Å². The van der Waals surface area contributed by atoms with Gasteiger partial charge in [0.25, 0.3) is 5.91 Å². The Morgan fingerprint density at radius 3 is 2.89 bits per heavy atom. The van der Waals surface area contributed by atoms with Crippen LogP contribution in [0.15, 0.2) is 24.3 Å². The largest absolute Gasteiger partial charge is 0.348 e. The molecule has 3 rings (SSSR count). The van der Waals surface area contributed by atoms with Crippen LogP contribution in [0.2, 0.25) is 0 Å². The van der Waals surface area contributed by atoms with Gasteiger partial charge in [-0.05, 0) is 18.9 Å². The molecule has 5 nitrogen and oxygen atoms in total. The zero-order valence-corrected chi connectivity index (χ0v) is 10.3. The highest BCUT2D eigenvalue weighted by Crippen LogP contribution is 2.20. The molecule has 1 heterocycles. The first-order chi connectivity index (χ1) is 8.65. The lowest BCUT2D eigenvalue weighted by atomic mass is 9.87. The van der Waals surface area contributed by atoms with Crippen molar-refractivity contribution in [1.82, 2.24) is 15.1 Å². The lowest BCUT2D eigenvalue weighted by Crippen LogP contribution is -2.50. The van der Waals surface area contributed by atoms with Gasteiger partial charge in [0, 0.05) is 24.5 Å². The Morgan fingerprint density at radius 1 is 1.44 bits per heavy atom. The Balaban J connectivity index is 1.87. The van der Waals surface area contributed by atoms with Crippen LogP contribution in [-0.4, -0.2) is 27.8 Å². The third-order valence-electron chi connectivity index (χ3n) is 3.48. The number of amides is 1. The van der Waals surface area contributed by atoms with Crippen molar-refractivity contribution >= 4 is 16.8 Å². The molecule has 0 bridgehead atoms. The van der Waals surface area contributed by atoms with Crippen molar-refractivity contribution in [3.8, 4) is 0 Å². The molecule has 94 valence electrons. The number of nitrogens with one attached hydrogen (secondary N) is 1. The molecule has 1 aromatic heterocycles. The molecule has 0 aliphatic heterocycles. The van der Waals surface area contributed by atoms with E-state index in [1.54, 1.807) is 4.68 Å². The minimum Gasteiger partial charge on any atom is -0.348 e. The number of rotatable bonds is 2. The van der Waals surface area contributed by atoms with Gasteiger partial charge < -0.3 is 11.1 Å². The van der Waals surface area contributed by atoms with Gasteiger partial charge in [0.05, 0.1) is 5.52 Å². The van der Waals surface area contributed by atoms with Crippen LogP contribution in [0.4, 0.5) is 0 Å². The normalized spacial score (nSPS) is 22.8. The number of hydrogen-bond acceptors (Lipinski definition) is 3. The highest BCUT2D eigenvalue weighted by molar-refractivity contribution is 6.04. The molecule has 1 saturated carbocycles. The Labute approximate surface area is 105 Å². The molecule has 0 spiro atoms. The van der Waals surface area contributed by atoms with E-state index < -0.39 is 0 Å². The van der Waals surface area contributed by atoms with Gasteiger partial charge in [-0.1, -0.05) is 18.2 Å². The summed E-state index contributed by atoms with van der Waals surface area (Å²) in [4.78, 5) is 12.2. The number of aryl methyl sites for hydroxylation is 1. The summed E-state index contributed by atoms with van der Waals surface area (Å²) in [5.74, 6) is -0.108. The average Bonchev–Trinajstić information content (AvgIpc) is 2.66. The van der Waals surface area contributed by atoms with Gasteiger partial charge in [-0.2, -0.15) is 5.10 Å². The summed E-state index contributed by atoms with van der Waals surface area (Å²) >= 11 is 0. The summed E-state index contributed by atoms with van der Waals surface area (Å²) in [6, 6.07) is 8.17. The quantitative estimate of drug-likeness (QED) is 0.820. The summed E-state index contributed by atoms with van der Waals surface area (Å²) in [6.45, 7) is 0. The zero-order valence-electron chi connectivity index (χ0n) is 10.3. The molecule has 1 aliphatic rings. The van der Waals surface area contributed by atoms with Crippen LogP contribution in [0.5, 0.6) is 0 Å². The van der Waals surface area contributed by atoms with Crippen LogP contribution >= 0.6 is 0 Å². The van der Waals surface area contributed by atoms with Gasteiger partial charge in [0.1, 0.15) is 0 Å². The number of hydrogen-bond donors (Lipinski definition) is 2. The fourth-order valence-electron chi connectivity index (χ4n) is 2.42. The smallest absolute Gasteiger partial charge is 0.272 e. The Bertz CT molecular complexity index is 598. The van der Waals surface area contributed by atoms with Crippen molar-refractivity contribution in [1.29, 1.82) is 0 Å². The lowest BCUT2D eigenvalue weighted by Gasteiger charge is -2.32. The van der Waals surface area contributed by atoms with E-state index in [0.29, 0.717) is 5.69 Å². The van der Waals surface area contributed by atoms with Crippen LogP contribution < -0.4 is 11.1 Å². The topological polar surface area (TPSA) is 72.9 Å². The Kier molecular flexibility index (Phi) is 2.56. The van der Waals surface area contributed by atoms with E-state index in [2.05, 4.69) is 10.4 Å². The number of carbonyl (C=O) groups is 1. The number of fused-ring (bicyclic) bond motifs is 1. The fraction of sp³-hybridized carbons (Fsp3) is 0.385. The molecule has 3 N–H and O–H groups in total. The zero-order chi connectivity index (χ0) is 12.7. The van der Waals surface area contributed by atoms with Crippen molar-refractivity contribution in [2.75, 3.05) is 0 Å². The molecule has 0 unspecified atom stereocenters.